The molecule has 0 aliphatic heterocycles. The van der Waals surface area contributed by atoms with Gasteiger partial charge in [0.05, 0.1) is 11.6 Å². The summed E-state index contributed by atoms with van der Waals surface area (Å²) in [6.45, 7) is 4.27. The van der Waals surface area contributed by atoms with E-state index in [2.05, 4.69) is 10.3 Å². The molecule has 6 heteroatoms. The third kappa shape index (κ3) is 5.86. The van der Waals surface area contributed by atoms with Gasteiger partial charge in [0.15, 0.2) is 11.5 Å². The molecule has 0 aliphatic carbocycles. The maximum absolute atomic E-state index is 6.50. The van der Waals surface area contributed by atoms with Crippen molar-refractivity contribution in [2.75, 3.05) is 6.61 Å². The number of hydrogen-bond donors (Lipinski definition) is 1. The second kappa shape index (κ2) is 10.3. The Hall–Kier alpha value is -2.27. The highest BCUT2D eigenvalue weighted by Crippen LogP contribution is 2.37. The number of hydrogen-bond acceptors (Lipinski definition) is 4. The minimum absolute atomic E-state index is 0.386. The molecule has 28 heavy (non-hydrogen) atoms. The first kappa shape index (κ1) is 20.5. The zero-order valence-electron chi connectivity index (χ0n) is 15.6. The number of rotatable bonds is 9. The van der Waals surface area contributed by atoms with Crippen LogP contribution >= 0.6 is 23.2 Å². The molecule has 0 aliphatic rings. The summed E-state index contributed by atoms with van der Waals surface area (Å²) in [4.78, 5) is 4.03. The average Bonchev–Trinajstić information content (AvgIpc) is 2.70. The van der Waals surface area contributed by atoms with Gasteiger partial charge < -0.3 is 14.8 Å². The molecule has 0 bridgehead atoms. The van der Waals surface area contributed by atoms with Gasteiger partial charge in [-0.2, -0.15) is 0 Å². The average molecular weight is 417 g/mol. The van der Waals surface area contributed by atoms with Crippen molar-refractivity contribution in [1.82, 2.24) is 10.3 Å². The van der Waals surface area contributed by atoms with Crippen LogP contribution in [0.1, 0.15) is 23.6 Å². The van der Waals surface area contributed by atoms with E-state index < -0.39 is 0 Å². The Morgan fingerprint density at radius 3 is 2.29 bits per heavy atom. The molecule has 0 spiro atoms. The Morgan fingerprint density at radius 1 is 0.857 bits per heavy atom. The molecular formula is C22H22Cl2N2O2. The van der Waals surface area contributed by atoms with E-state index in [1.54, 1.807) is 12.4 Å². The number of pyridine rings is 1. The standard InChI is InChI=1S/C22H22Cl2N2O2/c1-2-27-21-12-18(14-26-13-16-7-9-25-10-8-16)11-20(24)22(21)28-15-17-3-5-19(23)6-4-17/h3-12,26H,2,13-15H2,1H3. The molecule has 0 fully saturated rings. The highest BCUT2D eigenvalue weighted by atomic mass is 35.5. The van der Waals surface area contributed by atoms with E-state index >= 15 is 0 Å². The molecule has 0 radical (unpaired) electrons. The largest absolute Gasteiger partial charge is 0.490 e. The first-order valence-electron chi connectivity index (χ1n) is 9.07. The summed E-state index contributed by atoms with van der Waals surface area (Å²) in [5, 5.41) is 4.63. The highest BCUT2D eigenvalue weighted by Gasteiger charge is 2.13. The van der Waals surface area contributed by atoms with Crippen LogP contribution < -0.4 is 14.8 Å². The molecule has 0 saturated heterocycles. The molecule has 0 unspecified atom stereocenters. The molecule has 4 nitrogen and oxygen atoms in total. The van der Waals surface area contributed by atoms with Crippen molar-refractivity contribution in [1.29, 1.82) is 0 Å². The minimum Gasteiger partial charge on any atom is -0.490 e. The lowest BCUT2D eigenvalue weighted by Gasteiger charge is -2.16. The number of aromatic nitrogens is 1. The van der Waals surface area contributed by atoms with E-state index in [9.17, 15) is 0 Å². The molecule has 0 saturated carbocycles. The summed E-state index contributed by atoms with van der Waals surface area (Å²) in [5.74, 6) is 1.20. The van der Waals surface area contributed by atoms with Gasteiger partial charge in [-0.3, -0.25) is 4.98 Å². The van der Waals surface area contributed by atoms with Gasteiger partial charge in [-0.1, -0.05) is 35.3 Å². The zero-order valence-corrected chi connectivity index (χ0v) is 17.1. The third-order valence-electron chi connectivity index (χ3n) is 4.07. The highest BCUT2D eigenvalue weighted by molar-refractivity contribution is 6.32. The lowest BCUT2D eigenvalue weighted by molar-refractivity contribution is 0.269. The van der Waals surface area contributed by atoms with E-state index in [-0.39, 0.29) is 0 Å². The van der Waals surface area contributed by atoms with Gasteiger partial charge in [0.25, 0.3) is 0 Å². The summed E-state index contributed by atoms with van der Waals surface area (Å²) in [6.07, 6.45) is 3.57. The maximum atomic E-state index is 6.50. The van der Waals surface area contributed by atoms with E-state index in [1.807, 2.05) is 55.5 Å². The zero-order chi connectivity index (χ0) is 19.8. The molecule has 2 aromatic carbocycles. The first-order chi connectivity index (χ1) is 13.7. The number of nitrogens with one attached hydrogen (secondary N) is 1. The van der Waals surface area contributed by atoms with Crippen LogP contribution in [0.3, 0.4) is 0 Å². The van der Waals surface area contributed by atoms with Gasteiger partial charge in [0.2, 0.25) is 0 Å². The Labute approximate surface area is 175 Å². The molecule has 1 heterocycles. The first-order valence-corrected chi connectivity index (χ1v) is 9.83. The van der Waals surface area contributed by atoms with Crippen molar-refractivity contribution in [3.8, 4) is 11.5 Å². The Bertz CT molecular complexity index is 887. The van der Waals surface area contributed by atoms with E-state index in [4.69, 9.17) is 32.7 Å². The normalized spacial score (nSPS) is 10.7. The lowest BCUT2D eigenvalue weighted by Crippen LogP contribution is -2.13. The molecule has 0 amide bonds. The Morgan fingerprint density at radius 2 is 1.57 bits per heavy atom. The lowest BCUT2D eigenvalue weighted by atomic mass is 10.2. The van der Waals surface area contributed by atoms with Crippen LogP contribution in [0.25, 0.3) is 0 Å². The van der Waals surface area contributed by atoms with Crippen LogP contribution in [-0.4, -0.2) is 11.6 Å². The second-order valence-corrected chi connectivity index (χ2v) is 7.06. The third-order valence-corrected chi connectivity index (χ3v) is 4.61. The molecule has 0 atom stereocenters. The maximum Gasteiger partial charge on any atom is 0.180 e. The van der Waals surface area contributed by atoms with Crippen molar-refractivity contribution >= 4 is 23.2 Å². The summed E-state index contributed by atoms with van der Waals surface area (Å²) < 4.78 is 11.7. The van der Waals surface area contributed by atoms with E-state index in [1.165, 1.54) is 5.56 Å². The molecule has 1 N–H and O–H groups in total. The summed E-state index contributed by atoms with van der Waals surface area (Å²) >= 11 is 12.4. The Balaban J connectivity index is 1.67. The van der Waals surface area contributed by atoms with Crippen LogP contribution in [0.4, 0.5) is 0 Å². The van der Waals surface area contributed by atoms with Crippen LogP contribution in [0.15, 0.2) is 60.9 Å². The van der Waals surface area contributed by atoms with Gasteiger partial charge in [0.1, 0.15) is 6.61 Å². The van der Waals surface area contributed by atoms with Crippen LogP contribution in [0.5, 0.6) is 11.5 Å². The van der Waals surface area contributed by atoms with Gasteiger partial charge in [-0.25, -0.2) is 0 Å². The second-order valence-electron chi connectivity index (χ2n) is 6.21. The predicted octanol–water partition coefficient (Wildman–Crippen LogP) is 5.66. The SMILES string of the molecule is CCOc1cc(CNCc2ccncc2)cc(Cl)c1OCc1ccc(Cl)cc1. The summed E-state index contributed by atoms with van der Waals surface area (Å²) in [6, 6.07) is 15.4. The van der Waals surface area contributed by atoms with Crippen molar-refractivity contribution in [3.63, 3.8) is 0 Å². The van der Waals surface area contributed by atoms with Gasteiger partial charge in [0, 0.05) is 30.5 Å². The van der Waals surface area contributed by atoms with Crippen molar-refractivity contribution < 1.29 is 9.47 Å². The molecule has 1 aromatic heterocycles. The van der Waals surface area contributed by atoms with Crippen molar-refractivity contribution in [2.24, 2.45) is 0 Å². The number of benzene rings is 2. The number of halogens is 2. The van der Waals surface area contributed by atoms with Gasteiger partial charge in [-0.05, 0) is 60.0 Å². The minimum atomic E-state index is 0.386. The fourth-order valence-electron chi connectivity index (χ4n) is 2.71. The molecule has 3 aromatic rings. The Kier molecular flexibility index (Phi) is 7.54. The number of ether oxygens (including phenoxy) is 2. The monoisotopic (exact) mass is 416 g/mol. The molecule has 146 valence electrons. The summed E-state index contributed by atoms with van der Waals surface area (Å²) in [5.41, 5.74) is 3.21. The van der Waals surface area contributed by atoms with Gasteiger partial charge >= 0.3 is 0 Å². The molecule has 3 rings (SSSR count). The van der Waals surface area contributed by atoms with Gasteiger partial charge in [-0.15, -0.1) is 0 Å². The van der Waals surface area contributed by atoms with Crippen molar-refractivity contribution in [3.05, 3.63) is 87.7 Å². The van der Waals surface area contributed by atoms with Crippen LogP contribution in [-0.2, 0) is 19.7 Å². The quantitative estimate of drug-likeness (QED) is 0.488. The van der Waals surface area contributed by atoms with E-state index in [0.717, 1.165) is 17.7 Å². The number of nitrogens with zero attached hydrogens (tertiary/aromatic N) is 1. The fourth-order valence-corrected chi connectivity index (χ4v) is 3.13. The molecular weight excluding hydrogens is 395 g/mol. The topological polar surface area (TPSA) is 43.4 Å². The van der Waals surface area contributed by atoms with E-state index in [0.29, 0.717) is 41.3 Å². The fraction of sp³-hybridized carbons (Fsp3) is 0.227. The van der Waals surface area contributed by atoms with Crippen molar-refractivity contribution in [2.45, 2.75) is 26.6 Å². The smallest absolute Gasteiger partial charge is 0.180 e. The van der Waals surface area contributed by atoms with Crippen LogP contribution in [0, 0.1) is 0 Å². The predicted molar refractivity (Wildman–Crippen MR) is 113 cm³/mol. The van der Waals surface area contributed by atoms with Crippen LogP contribution in [0.2, 0.25) is 10.0 Å². The summed E-state index contributed by atoms with van der Waals surface area (Å²) in [7, 11) is 0.